The van der Waals surface area contributed by atoms with Gasteiger partial charge in [-0.1, -0.05) is 35.9 Å². The molecule has 2 aliphatic rings. The summed E-state index contributed by atoms with van der Waals surface area (Å²) < 4.78 is 5.79. The van der Waals surface area contributed by atoms with Crippen LogP contribution < -0.4 is 15.5 Å². The van der Waals surface area contributed by atoms with Gasteiger partial charge in [0.15, 0.2) is 0 Å². The Hall–Kier alpha value is -3.55. The van der Waals surface area contributed by atoms with Crippen molar-refractivity contribution in [3.63, 3.8) is 0 Å². The number of aliphatic imine (C=N–C) groups is 1. The summed E-state index contributed by atoms with van der Waals surface area (Å²) in [4.78, 5) is 20.3. The quantitative estimate of drug-likeness (QED) is 0.542. The SMILES string of the molecule is COc1ccccc1C(=O)N[N+]1(C)CCN(C2=Nc3cc(Cl)ccc3Nc3ccccc32)CC1. The monoisotopic (exact) mass is 476 g/mol. The van der Waals surface area contributed by atoms with Gasteiger partial charge >= 0.3 is 0 Å². The number of likely N-dealkylation sites (N-methyl/N-ethyl adjacent to an activating group) is 1. The number of halogens is 1. The van der Waals surface area contributed by atoms with Crippen LogP contribution in [0.4, 0.5) is 17.1 Å². The number of methoxy groups -OCH3 is 1. The lowest BCUT2D eigenvalue weighted by molar-refractivity contribution is -0.946. The molecule has 0 spiro atoms. The molecule has 8 heteroatoms. The molecule has 7 nitrogen and oxygen atoms in total. The number of para-hydroxylation sites is 2. The minimum absolute atomic E-state index is 0.140. The number of hydrogen-bond donors (Lipinski definition) is 2. The number of anilines is 2. The van der Waals surface area contributed by atoms with Crippen LogP contribution in [0.2, 0.25) is 5.02 Å². The van der Waals surface area contributed by atoms with E-state index in [4.69, 9.17) is 21.3 Å². The number of quaternary nitrogens is 1. The van der Waals surface area contributed by atoms with Crippen LogP contribution in [-0.4, -0.2) is 61.6 Å². The van der Waals surface area contributed by atoms with E-state index in [1.165, 1.54) is 0 Å². The minimum atomic E-state index is -0.140. The summed E-state index contributed by atoms with van der Waals surface area (Å²) in [6.45, 7) is 2.95. The molecule has 0 saturated carbocycles. The fourth-order valence-electron chi connectivity index (χ4n) is 4.42. The zero-order valence-electron chi connectivity index (χ0n) is 19.2. The van der Waals surface area contributed by atoms with Gasteiger partial charge in [-0.3, -0.25) is 4.79 Å². The van der Waals surface area contributed by atoms with Gasteiger partial charge in [0.25, 0.3) is 5.91 Å². The second kappa shape index (κ2) is 9.00. The number of rotatable bonds is 3. The maximum atomic E-state index is 13.0. The molecule has 1 saturated heterocycles. The van der Waals surface area contributed by atoms with Gasteiger partial charge in [0, 0.05) is 16.3 Å². The van der Waals surface area contributed by atoms with Gasteiger partial charge in [-0.15, -0.1) is 0 Å². The number of ether oxygens (including phenoxy) is 1. The number of amides is 1. The molecule has 3 aromatic rings. The molecule has 3 aromatic carbocycles. The first kappa shape index (κ1) is 22.3. The predicted molar refractivity (Wildman–Crippen MR) is 135 cm³/mol. The molecule has 0 unspecified atom stereocenters. The number of hydrogen-bond acceptors (Lipinski definition) is 5. The predicted octanol–water partition coefficient (Wildman–Crippen LogP) is 4.59. The summed E-state index contributed by atoms with van der Waals surface area (Å²) in [6, 6.07) is 21.2. The summed E-state index contributed by atoms with van der Waals surface area (Å²) in [6.07, 6.45) is 0. The van der Waals surface area contributed by atoms with Crippen LogP contribution in [0.5, 0.6) is 5.75 Å². The van der Waals surface area contributed by atoms with Crippen molar-refractivity contribution in [1.82, 2.24) is 10.3 Å². The van der Waals surface area contributed by atoms with E-state index in [9.17, 15) is 4.79 Å². The third kappa shape index (κ3) is 4.32. The summed E-state index contributed by atoms with van der Waals surface area (Å²) >= 11 is 6.27. The van der Waals surface area contributed by atoms with Crippen LogP contribution in [0.25, 0.3) is 0 Å². The first-order chi connectivity index (χ1) is 16.5. The Morgan fingerprint density at radius 3 is 2.59 bits per heavy atom. The summed E-state index contributed by atoms with van der Waals surface area (Å²) in [5.74, 6) is 1.34. The van der Waals surface area contributed by atoms with Gasteiger partial charge in [0.1, 0.15) is 24.7 Å². The van der Waals surface area contributed by atoms with E-state index >= 15 is 0 Å². The largest absolute Gasteiger partial charge is 0.496 e. The van der Waals surface area contributed by atoms with Gasteiger partial charge in [-0.25, -0.2) is 9.58 Å². The highest BCUT2D eigenvalue weighted by Crippen LogP contribution is 2.36. The van der Waals surface area contributed by atoms with Gasteiger partial charge in [-0.05, 0) is 42.5 Å². The fraction of sp³-hybridized carbons (Fsp3) is 0.231. The van der Waals surface area contributed by atoms with Gasteiger partial charge in [0.2, 0.25) is 0 Å². The first-order valence-corrected chi connectivity index (χ1v) is 11.6. The Morgan fingerprint density at radius 2 is 1.79 bits per heavy atom. The van der Waals surface area contributed by atoms with E-state index in [-0.39, 0.29) is 5.91 Å². The van der Waals surface area contributed by atoms with Crippen molar-refractivity contribution >= 4 is 40.4 Å². The Labute approximate surface area is 204 Å². The van der Waals surface area contributed by atoms with E-state index in [2.05, 4.69) is 27.8 Å². The van der Waals surface area contributed by atoms with E-state index < -0.39 is 0 Å². The lowest BCUT2D eigenvalue weighted by Gasteiger charge is -2.42. The molecule has 174 valence electrons. The molecule has 34 heavy (non-hydrogen) atoms. The number of benzene rings is 3. The van der Waals surface area contributed by atoms with Gasteiger partial charge in [0.05, 0.1) is 44.2 Å². The molecule has 0 bridgehead atoms. The minimum Gasteiger partial charge on any atom is -0.496 e. The number of piperazine rings is 1. The molecular weight excluding hydrogens is 450 g/mol. The van der Waals surface area contributed by atoms with Crippen LogP contribution in [-0.2, 0) is 0 Å². The van der Waals surface area contributed by atoms with Crippen molar-refractivity contribution in [2.75, 3.05) is 45.7 Å². The number of nitrogens with one attached hydrogen (secondary N) is 2. The Kier molecular flexibility index (Phi) is 5.89. The molecule has 0 atom stereocenters. The molecule has 1 fully saturated rings. The second-order valence-corrected chi connectivity index (χ2v) is 9.18. The average molecular weight is 477 g/mol. The van der Waals surface area contributed by atoms with Crippen LogP contribution in [0, 0.1) is 0 Å². The maximum absolute atomic E-state index is 13.0. The number of carbonyl (C=O) groups is 1. The van der Waals surface area contributed by atoms with Crippen LogP contribution in [0.15, 0.2) is 71.7 Å². The Morgan fingerprint density at radius 1 is 1.06 bits per heavy atom. The van der Waals surface area contributed by atoms with E-state index in [1.54, 1.807) is 19.2 Å². The Bertz CT molecular complexity index is 1270. The standard InChI is InChI=1S/C26H26ClN5O2/c1-32(30-26(33)20-8-4-6-10-24(20)34-2)15-13-31(14-16-32)25-19-7-3-5-9-21(19)28-22-12-11-18(27)17-23(22)29-25/h3-12,17H,13-16H2,1-2H3,(H-,28,29,30,33)/p+1. The van der Waals surface area contributed by atoms with Crippen molar-refractivity contribution in [2.45, 2.75) is 0 Å². The summed E-state index contributed by atoms with van der Waals surface area (Å²) in [7, 11) is 3.62. The Balaban J connectivity index is 1.38. The topological polar surface area (TPSA) is 66.0 Å². The van der Waals surface area contributed by atoms with Crippen molar-refractivity contribution in [3.8, 4) is 5.75 Å². The van der Waals surface area contributed by atoms with Crippen molar-refractivity contribution in [3.05, 3.63) is 82.9 Å². The van der Waals surface area contributed by atoms with E-state index in [1.807, 2.05) is 49.5 Å². The molecule has 2 heterocycles. The van der Waals surface area contributed by atoms with E-state index in [0.717, 1.165) is 54.6 Å². The second-order valence-electron chi connectivity index (χ2n) is 8.74. The van der Waals surface area contributed by atoms with Crippen LogP contribution >= 0.6 is 11.6 Å². The molecular formula is C26H27ClN5O2+. The maximum Gasteiger partial charge on any atom is 0.299 e. The van der Waals surface area contributed by atoms with Crippen molar-refractivity contribution in [2.24, 2.45) is 4.99 Å². The molecule has 0 radical (unpaired) electrons. The number of nitrogens with zero attached hydrogens (tertiary/aromatic N) is 3. The number of fused-ring (bicyclic) bond motifs is 2. The normalized spacial score (nSPS) is 16.3. The van der Waals surface area contributed by atoms with Gasteiger partial charge in [-0.2, -0.15) is 5.43 Å². The molecule has 5 rings (SSSR count). The molecule has 1 amide bonds. The highest BCUT2D eigenvalue weighted by molar-refractivity contribution is 6.31. The fourth-order valence-corrected chi connectivity index (χ4v) is 4.58. The number of amidine groups is 1. The zero-order valence-corrected chi connectivity index (χ0v) is 20.0. The van der Waals surface area contributed by atoms with Gasteiger partial charge < -0.3 is 15.0 Å². The van der Waals surface area contributed by atoms with Crippen molar-refractivity contribution < 1.29 is 14.1 Å². The van der Waals surface area contributed by atoms with Crippen molar-refractivity contribution in [1.29, 1.82) is 0 Å². The average Bonchev–Trinajstić information content (AvgIpc) is 3.01. The summed E-state index contributed by atoms with van der Waals surface area (Å²) in [5, 5.41) is 4.15. The molecule has 2 N–H and O–H groups in total. The highest BCUT2D eigenvalue weighted by Gasteiger charge is 2.34. The molecule has 0 aromatic heterocycles. The van der Waals surface area contributed by atoms with Crippen LogP contribution in [0.3, 0.4) is 0 Å². The third-order valence-corrected chi connectivity index (χ3v) is 6.61. The molecule has 2 aliphatic heterocycles. The highest BCUT2D eigenvalue weighted by atomic mass is 35.5. The van der Waals surface area contributed by atoms with Crippen LogP contribution in [0.1, 0.15) is 15.9 Å². The lowest BCUT2D eigenvalue weighted by atomic mass is 10.1. The van der Waals surface area contributed by atoms with E-state index in [0.29, 0.717) is 20.9 Å². The smallest absolute Gasteiger partial charge is 0.299 e. The third-order valence-electron chi connectivity index (χ3n) is 6.37. The first-order valence-electron chi connectivity index (χ1n) is 11.3. The number of carbonyl (C=O) groups excluding carboxylic acids is 1. The zero-order chi connectivity index (χ0) is 23.7. The molecule has 0 aliphatic carbocycles. The lowest BCUT2D eigenvalue weighted by Crippen LogP contribution is -2.65. The summed E-state index contributed by atoms with van der Waals surface area (Å²) in [5.41, 5.74) is 7.51.